The Morgan fingerprint density at radius 3 is 2.40 bits per heavy atom. The number of aryl methyl sites for hydroxylation is 2. The molecule has 15 heavy (non-hydrogen) atoms. The zero-order chi connectivity index (χ0) is 11.3. The van der Waals surface area contributed by atoms with Crippen LogP contribution in [0.15, 0.2) is 18.2 Å². The Balaban J connectivity index is 2.50. The maximum atomic E-state index is 5.76. The molecule has 0 saturated heterocycles. The van der Waals surface area contributed by atoms with Gasteiger partial charge in [-0.3, -0.25) is 0 Å². The molecule has 1 atom stereocenters. The third-order valence-electron chi connectivity index (χ3n) is 2.70. The fraction of sp³-hybridized carbons (Fsp3) is 0.538. The van der Waals surface area contributed by atoms with Gasteiger partial charge in [-0.25, -0.2) is 0 Å². The van der Waals surface area contributed by atoms with E-state index < -0.39 is 0 Å². The van der Waals surface area contributed by atoms with Crippen molar-refractivity contribution in [2.75, 3.05) is 12.4 Å². The predicted octanol–water partition coefficient (Wildman–Crippen LogP) is 3.27. The third-order valence-corrected chi connectivity index (χ3v) is 3.23. The average Bonchev–Trinajstić information content (AvgIpc) is 2.22. The summed E-state index contributed by atoms with van der Waals surface area (Å²) in [5.74, 6) is 1.26. The average molecular weight is 226 g/mol. The standard InChI is InChI=1S/C13H20ClN/c1-10(7-14)8-15-9-13-11(2)5-4-6-12(13)3/h4-6,10,15H,7-9H2,1-3H3. The molecule has 1 aromatic carbocycles. The minimum atomic E-state index is 0.538. The fourth-order valence-corrected chi connectivity index (χ4v) is 1.74. The summed E-state index contributed by atoms with van der Waals surface area (Å²) in [6.45, 7) is 8.41. The van der Waals surface area contributed by atoms with Crippen molar-refractivity contribution in [2.24, 2.45) is 5.92 Å². The molecule has 84 valence electrons. The Bertz CT molecular complexity index is 289. The molecular formula is C13H20ClN. The van der Waals surface area contributed by atoms with Crippen LogP contribution < -0.4 is 5.32 Å². The molecule has 1 aromatic rings. The highest BCUT2D eigenvalue weighted by Crippen LogP contribution is 2.12. The number of hydrogen-bond donors (Lipinski definition) is 1. The first kappa shape index (κ1) is 12.5. The van der Waals surface area contributed by atoms with Gasteiger partial charge in [0.1, 0.15) is 0 Å². The first-order valence-electron chi connectivity index (χ1n) is 5.47. The lowest BCUT2D eigenvalue weighted by molar-refractivity contribution is 0.555. The fourth-order valence-electron chi connectivity index (χ4n) is 1.63. The van der Waals surface area contributed by atoms with Gasteiger partial charge in [0.15, 0.2) is 0 Å². The maximum absolute atomic E-state index is 5.76. The second-order valence-corrected chi connectivity index (χ2v) is 4.57. The van der Waals surface area contributed by atoms with Gasteiger partial charge in [0.2, 0.25) is 0 Å². The molecule has 0 saturated carbocycles. The van der Waals surface area contributed by atoms with Crippen LogP contribution in [0.1, 0.15) is 23.6 Å². The van der Waals surface area contributed by atoms with Crippen LogP contribution in [0.3, 0.4) is 0 Å². The second kappa shape index (κ2) is 6.14. The van der Waals surface area contributed by atoms with E-state index >= 15 is 0 Å². The summed E-state index contributed by atoms with van der Waals surface area (Å²) >= 11 is 5.76. The zero-order valence-electron chi connectivity index (χ0n) is 9.81. The molecular weight excluding hydrogens is 206 g/mol. The first-order valence-corrected chi connectivity index (χ1v) is 6.00. The topological polar surface area (TPSA) is 12.0 Å². The lowest BCUT2D eigenvalue weighted by atomic mass is 10.0. The Labute approximate surface area is 97.8 Å². The van der Waals surface area contributed by atoms with Gasteiger partial charge in [-0.05, 0) is 43.0 Å². The predicted molar refractivity (Wildman–Crippen MR) is 67.5 cm³/mol. The van der Waals surface area contributed by atoms with Gasteiger partial charge in [0, 0.05) is 12.4 Å². The van der Waals surface area contributed by atoms with Gasteiger partial charge in [0.25, 0.3) is 0 Å². The van der Waals surface area contributed by atoms with E-state index in [9.17, 15) is 0 Å². The highest BCUT2D eigenvalue weighted by molar-refractivity contribution is 6.18. The van der Waals surface area contributed by atoms with E-state index in [2.05, 4.69) is 44.3 Å². The Hall–Kier alpha value is -0.530. The van der Waals surface area contributed by atoms with Crippen LogP contribution in [0.4, 0.5) is 0 Å². The largest absolute Gasteiger partial charge is 0.312 e. The van der Waals surface area contributed by atoms with Crippen LogP contribution in [-0.2, 0) is 6.54 Å². The molecule has 0 aliphatic rings. The van der Waals surface area contributed by atoms with Crippen molar-refractivity contribution in [3.63, 3.8) is 0 Å². The molecule has 1 N–H and O–H groups in total. The minimum absolute atomic E-state index is 0.538. The monoisotopic (exact) mass is 225 g/mol. The van der Waals surface area contributed by atoms with Crippen LogP contribution in [0.5, 0.6) is 0 Å². The summed E-state index contributed by atoms with van der Waals surface area (Å²) in [6.07, 6.45) is 0. The summed E-state index contributed by atoms with van der Waals surface area (Å²) in [5, 5.41) is 3.45. The minimum Gasteiger partial charge on any atom is -0.312 e. The Morgan fingerprint density at radius 1 is 1.27 bits per heavy atom. The smallest absolute Gasteiger partial charge is 0.0261 e. The van der Waals surface area contributed by atoms with Crippen molar-refractivity contribution in [3.05, 3.63) is 34.9 Å². The van der Waals surface area contributed by atoms with Gasteiger partial charge >= 0.3 is 0 Å². The molecule has 0 amide bonds. The van der Waals surface area contributed by atoms with Crippen LogP contribution in [0, 0.1) is 19.8 Å². The van der Waals surface area contributed by atoms with Crippen LogP contribution >= 0.6 is 11.6 Å². The van der Waals surface area contributed by atoms with Gasteiger partial charge in [-0.15, -0.1) is 11.6 Å². The van der Waals surface area contributed by atoms with E-state index in [-0.39, 0.29) is 0 Å². The lowest BCUT2D eigenvalue weighted by Crippen LogP contribution is -2.22. The van der Waals surface area contributed by atoms with Crippen molar-refractivity contribution < 1.29 is 0 Å². The molecule has 2 heteroatoms. The molecule has 0 aromatic heterocycles. The van der Waals surface area contributed by atoms with Crippen LogP contribution in [-0.4, -0.2) is 12.4 Å². The van der Waals surface area contributed by atoms with Crippen LogP contribution in [0.2, 0.25) is 0 Å². The lowest BCUT2D eigenvalue weighted by Gasteiger charge is -2.13. The van der Waals surface area contributed by atoms with Crippen LogP contribution in [0.25, 0.3) is 0 Å². The number of hydrogen-bond acceptors (Lipinski definition) is 1. The molecule has 0 bridgehead atoms. The van der Waals surface area contributed by atoms with E-state index in [0.717, 1.165) is 19.0 Å². The van der Waals surface area contributed by atoms with E-state index in [4.69, 9.17) is 11.6 Å². The number of rotatable bonds is 5. The van der Waals surface area contributed by atoms with Gasteiger partial charge in [-0.2, -0.15) is 0 Å². The van der Waals surface area contributed by atoms with Gasteiger partial charge < -0.3 is 5.32 Å². The molecule has 0 radical (unpaired) electrons. The normalized spacial score (nSPS) is 12.8. The van der Waals surface area contributed by atoms with Crippen molar-refractivity contribution in [3.8, 4) is 0 Å². The maximum Gasteiger partial charge on any atom is 0.0261 e. The first-order chi connectivity index (χ1) is 7.15. The molecule has 0 aliphatic carbocycles. The summed E-state index contributed by atoms with van der Waals surface area (Å²) in [5.41, 5.74) is 4.14. The molecule has 0 aliphatic heterocycles. The Kier molecular flexibility index (Phi) is 5.13. The molecule has 0 spiro atoms. The number of nitrogens with one attached hydrogen (secondary N) is 1. The van der Waals surface area contributed by atoms with E-state index in [1.807, 2.05) is 0 Å². The van der Waals surface area contributed by atoms with E-state index in [0.29, 0.717) is 5.92 Å². The molecule has 1 nitrogen and oxygen atoms in total. The molecule has 0 fully saturated rings. The SMILES string of the molecule is Cc1cccc(C)c1CNCC(C)CCl. The molecule has 0 heterocycles. The van der Waals surface area contributed by atoms with Gasteiger partial charge in [-0.1, -0.05) is 25.1 Å². The second-order valence-electron chi connectivity index (χ2n) is 4.26. The highest BCUT2D eigenvalue weighted by atomic mass is 35.5. The molecule has 1 unspecified atom stereocenters. The summed E-state index contributed by atoms with van der Waals surface area (Å²) in [6, 6.07) is 6.43. The summed E-state index contributed by atoms with van der Waals surface area (Å²) < 4.78 is 0. The number of halogens is 1. The Morgan fingerprint density at radius 2 is 1.87 bits per heavy atom. The number of benzene rings is 1. The van der Waals surface area contributed by atoms with E-state index in [1.165, 1.54) is 16.7 Å². The van der Waals surface area contributed by atoms with Crippen molar-refractivity contribution in [1.29, 1.82) is 0 Å². The molecule has 1 rings (SSSR count). The van der Waals surface area contributed by atoms with Crippen molar-refractivity contribution in [1.82, 2.24) is 5.32 Å². The summed E-state index contributed by atoms with van der Waals surface area (Å²) in [7, 11) is 0. The highest BCUT2D eigenvalue weighted by Gasteiger charge is 2.03. The van der Waals surface area contributed by atoms with Gasteiger partial charge in [0.05, 0.1) is 0 Å². The van der Waals surface area contributed by atoms with E-state index in [1.54, 1.807) is 0 Å². The quantitative estimate of drug-likeness (QED) is 0.759. The van der Waals surface area contributed by atoms with Crippen molar-refractivity contribution >= 4 is 11.6 Å². The number of alkyl halides is 1. The summed E-state index contributed by atoms with van der Waals surface area (Å²) in [4.78, 5) is 0. The third kappa shape index (κ3) is 3.84. The zero-order valence-corrected chi connectivity index (χ0v) is 10.6. The van der Waals surface area contributed by atoms with Crippen molar-refractivity contribution in [2.45, 2.75) is 27.3 Å².